The van der Waals surface area contributed by atoms with E-state index < -0.39 is 65.6 Å². The number of benzene rings is 1. The Bertz CT molecular complexity index is 1340. The predicted molar refractivity (Wildman–Crippen MR) is 144 cm³/mol. The Hall–Kier alpha value is -3.64. The SMILES string of the molecule is COc1ccc2c3c1O[C@H]1C(OC(=O)[C@H](C)OC(=O)[C@H](CCC(=O)O)NC(=O)[C@H](C)O)=CC[C@@]4(O)[C@@H](C2)C(C)CC[C@]314. The number of methoxy groups -OCH3 is 1. The van der Waals surface area contributed by atoms with Crippen LogP contribution in [0.3, 0.4) is 0 Å². The maximum absolute atomic E-state index is 13.2. The lowest BCUT2D eigenvalue weighted by atomic mass is 9.45. The van der Waals surface area contributed by atoms with Gasteiger partial charge in [-0.1, -0.05) is 13.0 Å². The third-order valence-corrected chi connectivity index (χ3v) is 9.41. The Kier molecular flexibility index (Phi) is 7.73. The van der Waals surface area contributed by atoms with Gasteiger partial charge in [-0.25, -0.2) is 9.59 Å². The van der Waals surface area contributed by atoms with Gasteiger partial charge in [0.2, 0.25) is 5.91 Å². The van der Waals surface area contributed by atoms with Gasteiger partial charge >= 0.3 is 17.9 Å². The second kappa shape index (κ2) is 10.9. The molecule has 1 unspecified atom stereocenters. The van der Waals surface area contributed by atoms with Crippen LogP contribution in [0.4, 0.5) is 0 Å². The summed E-state index contributed by atoms with van der Waals surface area (Å²) in [6.07, 6.45) is -0.350. The molecule has 1 fully saturated rings. The van der Waals surface area contributed by atoms with Gasteiger partial charge in [0.1, 0.15) is 17.9 Å². The molecule has 12 heteroatoms. The molecule has 12 nitrogen and oxygen atoms in total. The number of carboxylic acids is 1. The Morgan fingerprint density at radius 2 is 1.93 bits per heavy atom. The first-order chi connectivity index (χ1) is 19.8. The number of esters is 2. The first-order valence-electron chi connectivity index (χ1n) is 14.3. The molecule has 1 aromatic carbocycles. The van der Waals surface area contributed by atoms with E-state index in [2.05, 4.69) is 12.2 Å². The van der Waals surface area contributed by atoms with Crippen LogP contribution in [0.5, 0.6) is 11.5 Å². The summed E-state index contributed by atoms with van der Waals surface area (Å²) in [5, 5.41) is 33.1. The number of aliphatic hydroxyl groups is 2. The highest BCUT2D eigenvalue weighted by Crippen LogP contribution is 2.68. The van der Waals surface area contributed by atoms with Crippen LogP contribution in [-0.4, -0.2) is 76.2 Å². The highest BCUT2D eigenvalue weighted by Gasteiger charge is 2.72. The molecule has 42 heavy (non-hydrogen) atoms. The number of aliphatic carboxylic acids is 1. The van der Waals surface area contributed by atoms with Crippen LogP contribution in [-0.2, 0) is 40.5 Å². The second-order valence-corrected chi connectivity index (χ2v) is 11.8. The van der Waals surface area contributed by atoms with Crippen LogP contribution in [0.25, 0.3) is 0 Å². The molecule has 0 radical (unpaired) electrons. The maximum atomic E-state index is 13.2. The standard InChI is InChI=1S/C30H37NO11/c1-14-9-11-29-23-17-5-7-20(39-4)24(23)42-25(29)21(10-12-30(29,38)18(14)13-17)41-27(36)16(3)40-28(37)19(6-8-22(33)34)31-26(35)15(2)32/h5,7,10,14-16,18-19,25,32,38H,6,8-9,11-13H2,1-4H3,(H,31,35)(H,33,34)/t14?,15-,16-,18-,19-,25-,29-,30+/m0/s1. The predicted octanol–water partition coefficient (Wildman–Crippen LogP) is 1.52. The van der Waals surface area contributed by atoms with Crippen molar-refractivity contribution in [2.24, 2.45) is 11.8 Å². The van der Waals surface area contributed by atoms with Crippen molar-refractivity contribution in [1.82, 2.24) is 5.32 Å². The quantitative estimate of drug-likeness (QED) is 0.292. The molecular weight excluding hydrogens is 550 g/mol. The van der Waals surface area contributed by atoms with E-state index in [1.165, 1.54) is 13.8 Å². The molecule has 1 amide bonds. The van der Waals surface area contributed by atoms with E-state index in [9.17, 15) is 29.4 Å². The number of carbonyl (C=O) groups excluding carboxylic acids is 3. The van der Waals surface area contributed by atoms with Crippen molar-refractivity contribution in [3.8, 4) is 11.5 Å². The number of nitrogens with one attached hydrogen (secondary N) is 1. The summed E-state index contributed by atoms with van der Waals surface area (Å²) in [6, 6.07) is 2.46. The summed E-state index contributed by atoms with van der Waals surface area (Å²) < 4.78 is 23.1. The number of hydrogen-bond donors (Lipinski definition) is 4. The highest BCUT2D eigenvalue weighted by molar-refractivity contribution is 5.88. The molecule has 3 aliphatic carbocycles. The Labute approximate surface area is 243 Å². The van der Waals surface area contributed by atoms with Gasteiger partial charge in [-0.3, -0.25) is 9.59 Å². The van der Waals surface area contributed by atoms with Crippen LogP contribution in [0.1, 0.15) is 64.0 Å². The first kappa shape index (κ1) is 29.8. The lowest BCUT2D eigenvalue weighted by Gasteiger charge is -2.61. The van der Waals surface area contributed by atoms with Gasteiger partial charge in [0.05, 0.1) is 18.1 Å². The van der Waals surface area contributed by atoms with Crippen molar-refractivity contribution < 1.29 is 53.4 Å². The fourth-order valence-corrected chi connectivity index (χ4v) is 7.28. The molecule has 228 valence electrons. The number of amides is 1. The van der Waals surface area contributed by atoms with E-state index in [0.717, 1.165) is 17.5 Å². The topological polar surface area (TPSA) is 178 Å². The average molecular weight is 588 g/mol. The summed E-state index contributed by atoms with van der Waals surface area (Å²) in [5.74, 6) is -2.52. The van der Waals surface area contributed by atoms with E-state index in [4.69, 9.17) is 24.1 Å². The molecule has 8 atom stereocenters. The zero-order valence-electron chi connectivity index (χ0n) is 24.0. The smallest absolute Gasteiger partial charge is 0.352 e. The molecule has 1 spiro atoms. The molecule has 4 N–H and O–H groups in total. The third kappa shape index (κ3) is 4.60. The summed E-state index contributed by atoms with van der Waals surface area (Å²) in [5.41, 5.74) is 0.0108. The van der Waals surface area contributed by atoms with Crippen LogP contribution in [0, 0.1) is 11.8 Å². The van der Waals surface area contributed by atoms with Gasteiger partial charge in [0.15, 0.2) is 23.7 Å². The zero-order valence-corrected chi connectivity index (χ0v) is 24.0. The molecule has 1 heterocycles. The maximum Gasteiger partial charge on any atom is 0.352 e. The minimum atomic E-state index is -1.44. The van der Waals surface area contributed by atoms with Crippen LogP contribution >= 0.6 is 0 Å². The fraction of sp³-hybridized carbons (Fsp3) is 0.600. The molecule has 1 aliphatic heterocycles. The largest absolute Gasteiger partial charge is 0.493 e. The third-order valence-electron chi connectivity index (χ3n) is 9.41. The molecular formula is C30H37NO11. The highest BCUT2D eigenvalue weighted by atomic mass is 16.6. The van der Waals surface area contributed by atoms with Crippen molar-refractivity contribution in [3.05, 3.63) is 35.1 Å². The minimum Gasteiger partial charge on any atom is -0.493 e. The van der Waals surface area contributed by atoms with Crippen LogP contribution in [0.15, 0.2) is 24.0 Å². The Morgan fingerprint density at radius 3 is 2.60 bits per heavy atom. The minimum absolute atomic E-state index is 0.0165. The fourth-order valence-electron chi connectivity index (χ4n) is 7.28. The molecule has 1 saturated carbocycles. The molecule has 1 aromatic rings. The monoisotopic (exact) mass is 587 g/mol. The van der Waals surface area contributed by atoms with Crippen molar-refractivity contribution in [1.29, 1.82) is 0 Å². The normalized spacial score (nSPS) is 30.4. The van der Waals surface area contributed by atoms with Gasteiger partial charge in [0, 0.05) is 12.0 Å². The number of carbonyl (C=O) groups is 4. The van der Waals surface area contributed by atoms with Gasteiger partial charge in [-0.05, 0) is 75.5 Å². The van der Waals surface area contributed by atoms with E-state index in [1.54, 1.807) is 13.2 Å². The van der Waals surface area contributed by atoms with E-state index in [1.807, 2.05) is 12.1 Å². The summed E-state index contributed by atoms with van der Waals surface area (Å²) >= 11 is 0. The summed E-state index contributed by atoms with van der Waals surface area (Å²) in [7, 11) is 1.54. The van der Waals surface area contributed by atoms with Crippen molar-refractivity contribution in [3.63, 3.8) is 0 Å². The number of rotatable bonds is 10. The van der Waals surface area contributed by atoms with Crippen molar-refractivity contribution in [2.45, 2.75) is 94.7 Å². The zero-order chi connectivity index (χ0) is 30.6. The number of aliphatic hydroxyl groups excluding tert-OH is 1. The van der Waals surface area contributed by atoms with Crippen LogP contribution < -0.4 is 14.8 Å². The van der Waals surface area contributed by atoms with Gasteiger partial charge in [-0.15, -0.1) is 0 Å². The lowest BCUT2D eigenvalue weighted by Crippen LogP contribution is -2.69. The molecule has 5 rings (SSSR count). The van der Waals surface area contributed by atoms with E-state index >= 15 is 0 Å². The molecule has 0 aromatic heterocycles. The summed E-state index contributed by atoms with van der Waals surface area (Å²) in [6.45, 7) is 4.64. The molecule has 4 aliphatic rings. The number of ether oxygens (including phenoxy) is 4. The van der Waals surface area contributed by atoms with Crippen molar-refractivity contribution >= 4 is 23.8 Å². The first-order valence-corrected chi connectivity index (χ1v) is 14.3. The van der Waals surface area contributed by atoms with Gasteiger partial charge < -0.3 is 39.6 Å². The van der Waals surface area contributed by atoms with E-state index in [-0.39, 0.29) is 30.4 Å². The van der Waals surface area contributed by atoms with Crippen LogP contribution in [0.2, 0.25) is 0 Å². The Morgan fingerprint density at radius 1 is 1.19 bits per heavy atom. The summed E-state index contributed by atoms with van der Waals surface area (Å²) in [4.78, 5) is 49.0. The lowest BCUT2D eigenvalue weighted by molar-refractivity contribution is -0.177. The average Bonchev–Trinajstić information content (AvgIpc) is 3.29. The molecule has 0 saturated heterocycles. The molecule has 2 bridgehead atoms. The van der Waals surface area contributed by atoms with E-state index in [0.29, 0.717) is 24.3 Å². The number of carboxylic acid groups (broad SMARTS) is 1. The Balaban J connectivity index is 1.37. The number of hydrogen-bond acceptors (Lipinski definition) is 10. The van der Waals surface area contributed by atoms with Gasteiger partial charge in [0.25, 0.3) is 0 Å². The van der Waals surface area contributed by atoms with Crippen molar-refractivity contribution in [2.75, 3.05) is 7.11 Å². The second-order valence-electron chi connectivity index (χ2n) is 11.8. The van der Waals surface area contributed by atoms with Gasteiger partial charge in [-0.2, -0.15) is 0 Å².